The summed E-state index contributed by atoms with van der Waals surface area (Å²) < 4.78 is 0. The van der Waals surface area contributed by atoms with Crippen LogP contribution >= 0.6 is 0 Å². The van der Waals surface area contributed by atoms with Crippen LogP contribution in [0.1, 0.15) is 0 Å². The number of rotatable bonds is 2. The summed E-state index contributed by atoms with van der Waals surface area (Å²) in [6, 6.07) is 36.2. The van der Waals surface area contributed by atoms with Crippen LogP contribution < -0.4 is 0 Å². The van der Waals surface area contributed by atoms with Crippen LogP contribution in [0, 0.1) is 0 Å². The second-order valence-corrected chi connectivity index (χ2v) is 7.37. The van der Waals surface area contributed by atoms with Crippen LogP contribution in [0.2, 0.25) is 0 Å². The topological polar surface area (TPSA) is 28.7 Å². The van der Waals surface area contributed by atoms with Crippen LogP contribution in [0.15, 0.2) is 103 Å². The summed E-state index contributed by atoms with van der Waals surface area (Å²) in [7, 11) is 0. The number of nitrogens with zero attached hydrogens (tertiary/aromatic N) is 1. The lowest BCUT2D eigenvalue weighted by Crippen LogP contribution is -1.88. The lowest BCUT2D eigenvalue weighted by atomic mass is 9.95. The monoisotopic (exact) mass is 370 g/mol. The van der Waals surface area contributed by atoms with E-state index in [9.17, 15) is 0 Å². The minimum absolute atomic E-state index is 1.03. The van der Waals surface area contributed by atoms with Crippen LogP contribution in [0.3, 0.4) is 0 Å². The molecular weight excluding hydrogens is 352 g/mol. The highest BCUT2D eigenvalue weighted by Crippen LogP contribution is 2.36. The predicted molar refractivity (Wildman–Crippen MR) is 122 cm³/mol. The number of aromatic nitrogens is 2. The van der Waals surface area contributed by atoms with E-state index in [1.165, 1.54) is 32.8 Å². The average Bonchev–Trinajstić information content (AvgIpc) is 3.21. The van der Waals surface area contributed by atoms with E-state index in [0.717, 1.165) is 22.2 Å². The van der Waals surface area contributed by atoms with E-state index < -0.39 is 0 Å². The van der Waals surface area contributed by atoms with E-state index in [4.69, 9.17) is 4.98 Å². The number of hydrogen-bond donors (Lipinski definition) is 1. The molecule has 6 rings (SSSR count). The lowest BCUT2D eigenvalue weighted by Gasteiger charge is -2.11. The summed E-state index contributed by atoms with van der Waals surface area (Å²) in [5.74, 6) is 0. The van der Waals surface area contributed by atoms with Crippen molar-refractivity contribution < 1.29 is 0 Å². The molecule has 136 valence electrons. The maximum Gasteiger partial charge on any atom is 0.0715 e. The Kier molecular flexibility index (Phi) is 3.50. The Morgan fingerprint density at radius 1 is 0.552 bits per heavy atom. The van der Waals surface area contributed by atoms with Crippen LogP contribution in [0.5, 0.6) is 0 Å². The number of fused-ring (bicyclic) bond motifs is 3. The molecule has 2 aromatic heterocycles. The molecule has 0 unspecified atom stereocenters. The molecule has 2 heterocycles. The zero-order valence-electron chi connectivity index (χ0n) is 15.8. The third-order valence-electron chi connectivity index (χ3n) is 5.58. The quantitative estimate of drug-likeness (QED) is 0.321. The zero-order valence-corrected chi connectivity index (χ0v) is 15.8. The van der Waals surface area contributed by atoms with Crippen molar-refractivity contribution >= 4 is 32.7 Å². The highest BCUT2D eigenvalue weighted by Gasteiger charge is 2.12. The van der Waals surface area contributed by atoms with Gasteiger partial charge in [0.25, 0.3) is 0 Å². The molecule has 2 heteroatoms. The minimum Gasteiger partial charge on any atom is -0.355 e. The van der Waals surface area contributed by atoms with Crippen LogP contribution in [-0.4, -0.2) is 9.97 Å². The summed E-state index contributed by atoms with van der Waals surface area (Å²) >= 11 is 0. The van der Waals surface area contributed by atoms with Gasteiger partial charge in [-0.3, -0.25) is 0 Å². The van der Waals surface area contributed by atoms with Crippen LogP contribution in [-0.2, 0) is 0 Å². The molecule has 0 fully saturated rings. The molecule has 1 N–H and O–H groups in total. The number of para-hydroxylation sites is 2. The van der Waals surface area contributed by atoms with Gasteiger partial charge in [0, 0.05) is 32.9 Å². The molecule has 29 heavy (non-hydrogen) atoms. The lowest BCUT2D eigenvalue weighted by molar-refractivity contribution is 1.45. The van der Waals surface area contributed by atoms with Crippen LogP contribution in [0.25, 0.3) is 55.1 Å². The van der Waals surface area contributed by atoms with Crippen molar-refractivity contribution in [1.82, 2.24) is 9.97 Å². The second-order valence-electron chi connectivity index (χ2n) is 7.37. The Balaban J connectivity index is 1.62. The van der Waals surface area contributed by atoms with Gasteiger partial charge in [-0.15, -0.1) is 0 Å². The summed E-state index contributed by atoms with van der Waals surface area (Å²) in [4.78, 5) is 8.42. The first kappa shape index (κ1) is 16.1. The molecule has 0 saturated carbocycles. The second kappa shape index (κ2) is 6.32. The Morgan fingerprint density at radius 2 is 1.21 bits per heavy atom. The molecule has 0 radical (unpaired) electrons. The Bertz CT molecular complexity index is 1440. The fourth-order valence-electron chi connectivity index (χ4n) is 4.21. The van der Waals surface area contributed by atoms with E-state index in [0.29, 0.717) is 0 Å². The summed E-state index contributed by atoms with van der Waals surface area (Å²) in [5.41, 5.74) is 8.00. The number of pyridine rings is 1. The number of hydrogen-bond acceptors (Lipinski definition) is 1. The standard InChI is InChI=1S/C27H18N2/c1-2-8-18(9-3-1)26-17-20-16-19(14-15-23(20)28-26)27-21-10-4-6-12-24(21)29-25-13-7-5-11-22(25)27/h1-17,28H. The largest absolute Gasteiger partial charge is 0.355 e. The van der Waals surface area contributed by atoms with Gasteiger partial charge >= 0.3 is 0 Å². The fraction of sp³-hybridized carbons (Fsp3) is 0. The molecule has 0 saturated heterocycles. The molecule has 0 aliphatic heterocycles. The Hall–Kier alpha value is -3.91. The minimum atomic E-state index is 1.03. The van der Waals surface area contributed by atoms with Gasteiger partial charge in [0.2, 0.25) is 0 Å². The number of nitrogens with one attached hydrogen (secondary N) is 1. The van der Waals surface area contributed by atoms with Gasteiger partial charge < -0.3 is 4.98 Å². The van der Waals surface area contributed by atoms with E-state index >= 15 is 0 Å². The predicted octanol–water partition coefficient (Wildman–Crippen LogP) is 7.20. The van der Waals surface area contributed by atoms with Crippen molar-refractivity contribution in [3.05, 3.63) is 103 Å². The first-order valence-corrected chi connectivity index (χ1v) is 9.83. The van der Waals surface area contributed by atoms with Crippen molar-refractivity contribution in [3.63, 3.8) is 0 Å². The smallest absolute Gasteiger partial charge is 0.0715 e. The van der Waals surface area contributed by atoms with Gasteiger partial charge in [0.1, 0.15) is 0 Å². The van der Waals surface area contributed by atoms with Crippen molar-refractivity contribution in [1.29, 1.82) is 0 Å². The van der Waals surface area contributed by atoms with Crippen LogP contribution in [0.4, 0.5) is 0 Å². The van der Waals surface area contributed by atoms with Gasteiger partial charge in [-0.05, 0) is 41.5 Å². The summed E-state index contributed by atoms with van der Waals surface area (Å²) in [6.07, 6.45) is 0. The van der Waals surface area contributed by atoms with Crippen molar-refractivity contribution in [2.45, 2.75) is 0 Å². The zero-order chi connectivity index (χ0) is 19.2. The molecule has 4 aromatic carbocycles. The highest BCUT2D eigenvalue weighted by molar-refractivity contribution is 6.10. The fourth-order valence-corrected chi connectivity index (χ4v) is 4.21. The molecule has 2 nitrogen and oxygen atoms in total. The van der Waals surface area contributed by atoms with Gasteiger partial charge in [-0.2, -0.15) is 0 Å². The maximum absolute atomic E-state index is 4.86. The molecule has 0 bridgehead atoms. The van der Waals surface area contributed by atoms with Crippen molar-refractivity contribution in [2.24, 2.45) is 0 Å². The van der Waals surface area contributed by atoms with E-state index in [1.807, 2.05) is 6.07 Å². The first-order valence-electron chi connectivity index (χ1n) is 9.83. The van der Waals surface area contributed by atoms with Crippen molar-refractivity contribution in [2.75, 3.05) is 0 Å². The molecular formula is C27H18N2. The summed E-state index contributed by atoms with van der Waals surface area (Å²) in [5, 5.41) is 3.58. The van der Waals surface area contributed by atoms with E-state index in [1.54, 1.807) is 0 Å². The number of H-pyrrole nitrogens is 1. The van der Waals surface area contributed by atoms with Gasteiger partial charge in [-0.1, -0.05) is 72.8 Å². The van der Waals surface area contributed by atoms with E-state index in [-0.39, 0.29) is 0 Å². The molecule has 0 aliphatic rings. The van der Waals surface area contributed by atoms with Crippen molar-refractivity contribution in [3.8, 4) is 22.4 Å². The first-order chi connectivity index (χ1) is 14.4. The van der Waals surface area contributed by atoms with Gasteiger partial charge in [-0.25, -0.2) is 4.98 Å². The number of benzene rings is 4. The third kappa shape index (κ3) is 2.61. The maximum atomic E-state index is 4.86. The van der Waals surface area contributed by atoms with E-state index in [2.05, 4.69) is 102 Å². The van der Waals surface area contributed by atoms with Gasteiger partial charge in [0.05, 0.1) is 11.0 Å². The Labute approximate surface area is 168 Å². The SMILES string of the molecule is c1ccc(-c2cc3cc(-c4c5ccccc5nc5ccccc45)ccc3[nH]2)cc1. The molecule has 0 aliphatic carbocycles. The highest BCUT2D eigenvalue weighted by atomic mass is 14.7. The molecule has 0 atom stereocenters. The third-order valence-corrected chi connectivity index (χ3v) is 5.58. The normalized spacial score (nSPS) is 11.4. The average molecular weight is 370 g/mol. The Morgan fingerprint density at radius 3 is 1.93 bits per heavy atom. The molecule has 0 amide bonds. The molecule has 0 spiro atoms. The number of aromatic amines is 1. The summed E-state index contributed by atoms with van der Waals surface area (Å²) in [6.45, 7) is 0. The van der Waals surface area contributed by atoms with Gasteiger partial charge in [0.15, 0.2) is 0 Å². The molecule has 6 aromatic rings.